The molecule has 0 aliphatic rings. The van der Waals surface area contributed by atoms with E-state index in [0.29, 0.717) is 29.4 Å². The third-order valence-corrected chi connectivity index (χ3v) is 4.46. The molecule has 2 aromatic heterocycles. The SMILES string of the molecule is Cc1ccc(NC(=O)CCCn2nc(-c3cccnc3)ccc2=O)cc1Cl. The second-order valence-electron chi connectivity index (χ2n) is 6.14. The molecule has 0 aliphatic heterocycles. The maximum atomic E-state index is 12.1. The first-order valence-electron chi connectivity index (χ1n) is 8.57. The molecule has 1 N–H and O–H groups in total. The third kappa shape index (κ3) is 5.01. The molecule has 1 amide bonds. The molecule has 0 spiro atoms. The monoisotopic (exact) mass is 382 g/mol. The number of aromatic nitrogens is 3. The first kappa shape index (κ1) is 18.8. The van der Waals surface area contributed by atoms with Gasteiger partial charge in [-0.3, -0.25) is 14.6 Å². The summed E-state index contributed by atoms with van der Waals surface area (Å²) in [5.74, 6) is -0.133. The van der Waals surface area contributed by atoms with Gasteiger partial charge in [-0.2, -0.15) is 5.10 Å². The topological polar surface area (TPSA) is 76.9 Å². The van der Waals surface area contributed by atoms with Crippen LogP contribution in [0.4, 0.5) is 5.69 Å². The Kier molecular flexibility index (Phi) is 5.98. The lowest BCUT2D eigenvalue weighted by atomic mass is 10.2. The number of carbonyl (C=O) groups excluding carboxylic acids is 1. The van der Waals surface area contributed by atoms with Gasteiger partial charge >= 0.3 is 0 Å². The second kappa shape index (κ2) is 8.60. The first-order chi connectivity index (χ1) is 13.0. The summed E-state index contributed by atoms with van der Waals surface area (Å²) in [7, 11) is 0. The van der Waals surface area contributed by atoms with Gasteiger partial charge in [0.2, 0.25) is 5.91 Å². The summed E-state index contributed by atoms with van der Waals surface area (Å²) in [6.45, 7) is 2.26. The molecular weight excluding hydrogens is 364 g/mol. The van der Waals surface area contributed by atoms with E-state index in [1.165, 1.54) is 10.7 Å². The van der Waals surface area contributed by atoms with Crippen LogP contribution in [0.1, 0.15) is 18.4 Å². The molecule has 0 radical (unpaired) electrons. The summed E-state index contributed by atoms with van der Waals surface area (Å²) in [4.78, 5) is 28.2. The number of pyridine rings is 1. The quantitative estimate of drug-likeness (QED) is 0.705. The van der Waals surface area contributed by atoms with Crippen LogP contribution in [-0.4, -0.2) is 20.7 Å². The summed E-state index contributed by atoms with van der Waals surface area (Å²) < 4.78 is 1.37. The lowest BCUT2D eigenvalue weighted by Crippen LogP contribution is -2.23. The normalized spacial score (nSPS) is 10.6. The average molecular weight is 383 g/mol. The van der Waals surface area contributed by atoms with Gasteiger partial charge in [0.1, 0.15) is 0 Å². The van der Waals surface area contributed by atoms with E-state index in [0.717, 1.165) is 11.1 Å². The maximum Gasteiger partial charge on any atom is 0.266 e. The summed E-state index contributed by atoms with van der Waals surface area (Å²) in [6, 6.07) is 12.2. The molecule has 27 heavy (non-hydrogen) atoms. The van der Waals surface area contributed by atoms with Crippen LogP contribution in [-0.2, 0) is 11.3 Å². The van der Waals surface area contributed by atoms with Gasteiger partial charge in [0.25, 0.3) is 5.56 Å². The Morgan fingerprint density at radius 2 is 2.07 bits per heavy atom. The van der Waals surface area contributed by atoms with E-state index in [1.807, 2.05) is 31.2 Å². The maximum absolute atomic E-state index is 12.1. The number of hydrogen-bond donors (Lipinski definition) is 1. The summed E-state index contributed by atoms with van der Waals surface area (Å²) in [5, 5.41) is 7.78. The zero-order chi connectivity index (χ0) is 19.2. The van der Waals surface area contributed by atoms with E-state index in [2.05, 4.69) is 15.4 Å². The first-order valence-corrected chi connectivity index (χ1v) is 8.95. The zero-order valence-electron chi connectivity index (χ0n) is 14.9. The van der Waals surface area contributed by atoms with E-state index in [4.69, 9.17) is 11.6 Å². The zero-order valence-corrected chi connectivity index (χ0v) is 15.6. The molecule has 0 bridgehead atoms. The predicted molar refractivity (Wildman–Crippen MR) is 106 cm³/mol. The number of nitrogens with zero attached hydrogens (tertiary/aromatic N) is 3. The minimum absolute atomic E-state index is 0.133. The Balaban J connectivity index is 1.59. The van der Waals surface area contributed by atoms with Gasteiger partial charge in [0, 0.05) is 47.7 Å². The van der Waals surface area contributed by atoms with Crippen LogP contribution in [0.5, 0.6) is 0 Å². The molecule has 3 aromatic rings. The van der Waals surface area contributed by atoms with Crippen molar-refractivity contribution in [2.75, 3.05) is 5.32 Å². The highest BCUT2D eigenvalue weighted by Gasteiger charge is 2.07. The Morgan fingerprint density at radius 1 is 1.22 bits per heavy atom. The summed E-state index contributed by atoms with van der Waals surface area (Å²) >= 11 is 6.06. The van der Waals surface area contributed by atoms with Crippen LogP contribution in [0, 0.1) is 6.92 Å². The Hall–Kier alpha value is -2.99. The minimum Gasteiger partial charge on any atom is -0.326 e. The van der Waals surface area contributed by atoms with Gasteiger partial charge in [-0.15, -0.1) is 0 Å². The molecule has 2 heterocycles. The van der Waals surface area contributed by atoms with Gasteiger partial charge in [-0.05, 0) is 49.2 Å². The van der Waals surface area contributed by atoms with Crippen LogP contribution in [0.15, 0.2) is 59.7 Å². The molecule has 0 atom stereocenters. The van der Waals surface area contributed by atoms with E-state index >= 15 is 0 Å². The molecule has 6 nitrogen and oxygen atoms in total. The Morgan fingerprint density at radius 3 is 2.81 bits per heavy atom. The van der Waals surface area contributed by atoms with Crippen molar-refractivity contribution >= 4 is 23.2 Å². The number of nitrogens with one attached hydrogen (secondary N) is 1. The van der Waals surface area contributed by atoms with Gasteiger partial charge in [0.15, 0.2) is 0 Å². The molecule has 7 heteroatoms. The van der Waals surface area contributed by atoms with E-state index in [1.54, 1.807) is 24.5 Å². The Labute approximate surface area is 161 Å². The highest BCUT2D eigenvalue weighted by molar-refractivity contribution is 6.31. The van der Waals surface area contributed by atoms with Crippen molar-refractivity contribution < 1.29 is 4.79 Å². The fraction of sp³-hybridized carbons (Fsp3) is 0.200. The molecule has 0 saturated carbocycles. The smallest absolute Gasteiger partial charge is 0.266 e. The number of halogens is 1. The van der Waals surface area contributed by atoms with Gasteiger partial charge < -0.3 is 5.32 Å². The molecular formula is C20H19ClN4O2. The lowest BCUT2D eigenvalue weighted by molar-refractivity contribution is -0.116. The number of hydrogen-bond acceptors (Lipinski definition) is 4. The number of aryl methyl sites for hydroxylation is 2. The fourth-order valence-electron chi connectivity index (χ4n) is 2.56. The van der Waals surface area contributed by atoms with Crippen LogP contribution < -0.4 is 10.9 Å². The fourth-order valence-corrected chi connectivity index (χ4v) is 2.74. The molecule has 138 valence electrons. The second-order valence-corrected chi connectivity index (χ2v) is 6.54. The van der Waals surface area contributed by atoms with Crippen molar-refractivity contribution in [3.8, 4) is 11.3 Å². The van der Waals surface area contributed by atoms with Gasteiger partial charge in [-0.25, -0.2) is 4.68 Å². The number of carbonyl (C=O) groups is 1. The van der Waals surface area contributed by atoms with Crippen molar-refractivity contribution in [1.29, 1.82) is 0 Å². The van der Waals surface area contributed by atoms with Gasteiger partial charge in [-0.1, -0.05) is 17.7 Å². The highest BCUT2D eigenvalue weighted by atomic mass is 35.5. The third-order valence-electron chi connectivity index (χ3n) is 4.05. The van der Waals surface area contributed by atoms with Crippen molar-refractivity contribution in [2.24, 2.45) is 0 Å². The molecule has 0 aliphatic carbocycles. The largest absolute Gasteiger partial charge is 0.326 e. The number of benzene rings is 1. The Bertz CT molecular complexity index is 1000. The van der Waals surface area contributed by atoms with Crippen molar-refractivity contribution in [3.63, 3.8) is 0 Å². The number of anilines is 1. The lowest BCUT2D eigenvalue weighted by Gasteiger charge is -2.08. The van der Waals surface area contributed by atoms with Crippen LogP contribution in [0.3, 0.4) is 0 Å². The summed E-state index contributed by atoms with van der Waals surface area (Å²) in [6.07, 6.45) is 4.14. The van der Waals surface area contributed by atoms with Crippen LogP contribution >= 0.6 is 11.6 Å². The van der Waals surface area contributed by atoms with Gasteiger partial charge in [0.05, 0.1) is 5.69 Å². The van der Waals surface area contributed by atoms with Crippen molar-refractivity contribution in [1.82, 2.24) is 14.8 Å². The van der Waals surface area contributed by atoms with Crippen molar-refractivity contribution in [3.05, 3.63) is 75.8 Å². The standard InChI is InChI=1S/C20H19ClN4O2/c1-14-6-7-16(12-17(14)21)23-19(26)5-3-11-25-20(27)9-8-18(24-25)15-4-2-10-22-13-15/h2,4,6-10,12-13H,3,5,11H2,1H3,(H,23,26). The van der Waals surface area contributed by atoms with Crippen LogP contribution in [0.25, 0.3) is 11.3 Å². The van der Waals surface area contributed by atoms with E-state index in [9.17, 15) is 9.59 Å². The van der Waals surface area contributed by atoms with E-state index < -0.39 is 0 Å². The van der Waals surface area contributed by atoms with Crippen LogP contribution in [0.2, 0.25) is 5.02 Å². The minimum atomic E-state index is -0.201. The molecule has 0 unspecified atom stereocenters. The number of amides is 1. The van der Waals surface area contributed by atoms with E-state index in [-0.39, 0.29) is 17.9 Å². The summed E-state index contributed by atoms with van der Waals surface area (Å²) in [5.41, 5.74) is 2.91. The molecule has 0 fully saturated rings. The molecule has 3 rings (SSSR count). The number of rotatable bonds is 6. The van der Waals surface area contributed by atoms with Crippen molar-refractivity contribution in [2.45, 2.75) is 26.3 Å². The average Bonchev–Trinajstić information content (AvgIpc) is 2.67. The highest BCUT2D eigenvalue weighted by Crippen LogP contribution is 2.20. The molecule has 1 aromatic carbocycles. The predicted octanol–water partition coefficient (Wildman–Crippen LogP) is 3.69. The molecule has 0 saturated heterocycles.